The number of amides is 1. The van der Waals surface area contributed by atoms with E-state index in [1.807, 2.05) is 0 Å². The number of halogens is 2. The monoisotopic (exact) mass is 381 g/mol. The molecule has 1 aliphatic carbocycles. The van der Waals surface area contributed by atoms with Crippen LogP contribution in [0.2, 0.25) is 10.0 Å². The van der Waals surface area contributed by atoms with Gasteiger partial charge in [-0.15, -0.1) is 0 Å². The van der Waals surface area contributed by atoms with Crippen LogP contribution in [0.25, 0.3) is 0 Å². The number of benzene rings is 1. The van der Waals surface area contributed by atoms with Crippen LogP contribution in [0.5, 0.6) is 5.75 Å². The van der Waals surface area contributed by atoms with Crippen LogP contribution in [-0.2, 0) is 6.61 Å². The van der Waals surface area contributed by atoms with Crippen LogP contribution in [0.1, 0.15) is 54.8 Å². The van der Waals surface area contributed by atoms with Crippen LogP contribution >= 0.6 is 23.2 Å². The summed E-state index contributed by atoms with van der Waals surface area (Å²) in [5, 5.41) is 3.86. The first kappa shape index (κ1) is 18.2. The Hall–Kier alpha value is -1.65. The fraction of sp³-hybridized carbons (Fsp3) is 0.421. The molecule has 4 nitrogen and oxygen atoms in total. The number of rotatable bonds is 5. The zero-order valence-electron chi connectivity index (χ0n) is 13.9. The first-order valence-corrected chi connectivity index (χ1v) is 9.35. The van der Waals surface area contributed by atoms with Gasteiger partial charge in [-0.25, -0.2) is 0 Å². The SMILES string of the molecule is O=C(NC1CCCCCC1)c1ccc(COc2cccc(Cl)c2Cl)o1. The summed E-state index contributed by atoms with van der Waals surface area (Å²) in [6.45, 7) is 0.177. The van der Waals surface area contributed by atoms with Gasteiger partial charge in [-0.05, 0) is 37.1 Å². The topological polar surface area (TPSA) is 51.5 Å². The number of hydrogen-bond donors (Lipinski definition) is 1. The molecule has 0 saturated heterocycles. The zero-order valence-corrected chi connectivity index (χ0v) is 15.4. The van der Waals surface area contributed by atoms with Crippen LogP contribution < -0.4 is 10.1 Å². The van der Waals surface area contributed by atoms with Gasteiger partial charge < -0.3 is 14.5 Å². The van der Waals surface area contributed by atoms with Gasteiger partial charge >= 0.3 is 0 Å². The van der Waals surface area contributed by atoms with Crippen molar-refractivity contribution in [1.29, 1.82) is 0 Å². The van der Waals surface area contributed by atoms with E-state index >= 15 is 0 Å². The van der Waals surface area contributed by atoms with Crippen LogP contribution in [0.4, 0.5) is 0 Å². The normalized spacial score (nSPS) is 15.6. The molecule has 1 aromatic carbocycles. The van der Waals surface area contributed by atoms with Crippen molar-refractivity contribution in [3.63, 3.8) is 0 Å². The molecule has 1 aliphatic rings. The molecule has 0 unspecified atom stereocenters. The van der Waals surface area contributed by atoms with E-state index < -0.39 is 0 Å². The van der Waals surface area contributed by atoms with E-state index in [0.29, 0.717) is 27.3 Å². The minimum atomic E-state index is -0.168. The van der Waals surface area contributed by atoms with Gasteiger partial charge in [-0.2, -0.15) is 0 Å². The van der Waals surface area contributed by atoms with Crippen molar-refractivity contribution in [1.82, 2.24) is 5.32 Å². The van der Waals surface area contributed by atoms with Gasteiger partial charge in [0, 0.05) is 6.04 Å². The smallest absolute Gasteiger partial charge is 0.287 e. The van der Waals surface area contributed by atoms with Crippen molar-refractivity contribution >= 4 is 29.1 Å². The fourth-order valence-corrected chi connectivity index (χ4v) is 3.35. The standard InChI is InChI=1S/C19H21Cl2NO3/c20-15-8-5-9-16(18(15)21)24-12-14-10-11-17(25-14)19(23)22-13-6-3-1-2-4-7-13/h5,8-11,13H,1-4,6-7,12H2,(H,22,23). The van der Waals surface area contributed by atoms with Crippen molar-refractivity contribution < 1.29 is 13.9 Å². The highest BCUT2D eigenvalue weighted by molar-refractivity contribution is 6.42. The van der Waals surface area contributed by atoms with Gasteiger partial charge in [0.2, 0.25) is 0 Å². The lowest BCUT2D eigenvalue weighted by molar-refractivity contribution is 0.0901. The largest absolute Gasteiger partial charge is 0.484 e. The minimum Gasteiger partial charge on any atom is -0.484 e. The first-order valence-electron chi connectivity index (χ1n) is 8.60. The third-order valence-electron chi connectivity index (χ3n) is 4.36. The number of carbonyl (C=O) groups excluding carboxylic acids is 1. The van der Waals surface area contributed by atoms with Gasteiger partial charge in [-0.3, -0.25) is 4.79 Å². The fourth-order valence-electron chi connectivity index (χ4n) is 3.00. The number of hydrogen-bond acceptors (Lipinski definition) is 3. The van der Waals surface area contributed by atoms with Gasteiger partial charge in [0.05, 0.1) is 5.02 Å². The maximum atomic E-state index is 12.3. The molecule has 1 fully saturated rings. The van der Waals surface area contributed by atoms with Crippen LogP contribution in [0.3, 0.4) is 0 Å². The van der Waals surface area contributed by atoms with Gasteiger partial charge in [0.1, 0.15) is 23.1 Å². The maximum absolute atomic E-state index is 12.3. The Labute approximate surface area is 157 Å². The average Bonchev–Trinajstić information content (AvgIpc) is 2.94. The summed E-state index contributed by atoms with van der Waals surface area (Å²) in [7, 11) is 0. The number of ether oxygens (including phenoxy) is 1. The van der Waals surface area contributed by atoms with Crippen molar-refractivity contribution in [3.05, 3.63) is 51.9 Å². The molecule has 2 aromatic rings. The Kier molecular flexibility index (Phi) is 6.27. The molecule has 6 heteroatoms. The van der Waals surface area contributed by atoms with Crippen LogP contribution in [0.15, 0.2) is 34.7 Å². The number of carbonyl (C=O) groups is 1. The second-order valence-corrected chi connectivity index (χ2v) is 7.05. The zero-order chi connectivity index (χ0) is 17.6. The summed E-state index contributed by atoms with van der Waals surface area (Å²) < 4.78 is 11.2. The Bertz CT molecular complexity index is 721. The predicted molar refractivity (Wildman–Crippen MR) is 98.5 cm³/mol. The summed E-state index contributed by atoms with van der Waals surface area (Å²) in [5.74, 6) is 1.18. The van der Waals surface area contributed by atoms with Gasteiger partial charge in [0.25, 0.3) is 5.91 Å². The van der Waals surface area contributed by atoms with E-state index in [4.69, 9.17) is 32.4 Å². The molecule has 1 amide bonds. The van der Waals surface area contributed by atoms with Crippen molar-refractivity contribution in [2.24, 2.45) is 0 Å². The lowest BCUT2D eigenvalue weighted by Gasteiger charge is -2.15. The third kappa shape index (κ3) is 4.93. The molecule has 25 heavy (non-hydrogen) atoms. The van der Waals surface area contributed by atoms with E-state index in [1.54, 1.807) is 30.3 Å². The second-order valence-electron chi connectivity index (χ2n) is 6.27. The van der Waals surface area contributed by atoms with E-state index in [2.05, 4.69) is 5.32 Å². The maximum Gasteiger partial charge on any atom is 0.287 e. The molecule has 1 heterocycles. The highest BCUT2D eigenvalue weighted by atomic mass is 35.5. The van der Waals surface area contributed by atoms with Gasteiger partial charge in [0.15, 0.2) is 5.76 Å². The van der Waals surface area contributed by atoms with Gasteiger partial charge in [-0.1, -0.05) is 55.0 Å². The van der Waals surface area contributed by atoms with Crippen molar-refractivity contribution in [3.8, 4) is 5.75 Å². The lowest BCUT2D eigenvalue weighted by Crippen LogP contribution is -2.34. The Morgan fingerprint density at radius 2 is 1.88 bits per heavy atom. The Balaban J connectivity index is 1.56. The molecule has 0 spiro atoms. The van der Waals surface area contributed by atoms with Crippen molar-refractivity contribution in [2.45, 2.75) is 51.2 Å². The summed E-state index contributed by atoms with van der Waals surface area (Å²) >= 11 is 12.0. The molecule has 0 bridgehead atoms. The lowest BCUT2D eigenvalue weighted by atomic mass is 10.1. The molecule has 3 rings (SSSR count). The molecule has 1 N–H and O–H groups in total. The predicted octanol–water partition coefficient (Wildman–Crippen LogP) is 5.62. The highest BCUT2D eigenvalue weighted by Crippen LogP contribution is 2.32. The number of furan rings is 1. The first-order chi connectivity index (χ1) is 12.1. The molecular formula is C19H21Cl2NO3. The van der Waals surface area contributed by atoms with Crippen LogP contribution in [-0.4, -0.2) is 11.9 Å². The molecule has 1 aromatic heterocycles. The molecule has 134 valence electrons. The molecule has 0 atom stereocenters. The summed E-state index contributed by atoms with van der Waals surface area (Å²) in [6.07, 6.45) is 6.91. The van der Waals surface area contributed by atoms with E-state index in [1.165, 1.54) is 25.7 Å². The average molecular weight is 382 g/mol. The van der Waals surface area contributed by atoms with E-state index in [9.17, 15) is 4.79 Å². The summed E-state index contributed by atoms with van der Waals surface area (Å²) in [5.41, 5.74) is 0. The van der Waals surface area contributed by atoms with Crippen LogP contribution in [0, 0.1) is 0 Å². The molecule has 1 saturated carbocycles. The summed E-state index contributed by atoms with van der Waals surface area (Å²) in [6, 6.07) is 8.84. The number of nitrogens with one attached hydrogen (secondary N) is 1. The van der Waals surface area contributed by atoms with Crippen molar-refractivity contribution in [2.75, 3.05) is 0 Å². The third-order valence-corrected chi connectivity index (χ3v) is 5.16. The second kappa shape index (κ2) is 8.63. The highest BCUT2D eigenvalue weighted by Gasteiger charge is 2.18. The quantitative estimate of drug-likeness (QED) is 0.683. The Morgan fingerprint density at radius 1 is 1.12 bits per heavy atom. The molecule has 0 radical (unpaired) electrons. The van der Waals surface area contributed by atoms with E-state index in [0.717, 1.165) is 12.8 Å². The Morgan fingerprint density at radius 3 is 2.64 bits per heavy atom. The molecular weight excluding hydrogens is 361 g/mol. The summed E-state index contributed by atoms with van der Waals surface area (Å²) in [4.78, 5) is 12.3. The minimum absolute atomic E-state index is 0.168. The molecule has 0 aliphatic heterocycles. The van der Waals surface area contributed by atoms with E-state index in [-0.39, 0.29) is 18.6 Å².